The van der Waals surface area contributed by atoms with Crippen LogP contribution in [0.5, 0.6) is 0 Å². The van der Waals surface area contributed by atoms with Gasteiger partial charge in [0.05, 0.1) is 5.56 Å². The second-order valence-corrected chi connectivity index (χ2v) is 3.92. The summed E-state index contributed by atoms with van der Waals surface area (Å²) in [4.78, 5) is 12.0. The SMILES string of the molecule is CCC(CC)C(=O)c1ccccc1C(F)(F)F. The fourth-order valence-corrected chi connectivity index (χ4v) is 1.82. The maximum absolute atomic E-state index is 12.7. The minimum atomic E-state index is -4.47. The number of hydrogen-bond acceptors (Lipinski definition) is 1. The van der Waals surface area contributed by atoms with Crippen LogP contribution in [-0.4, -0.2) is 5.78 Å². The molecule has 0 atom stereocenters. The van der Waals surface area contributed by atoms with E-state index in [4.69, 9.17) is 0 Å². The molecule has 0 amide bonds. The molecule has 0 N–H and O–H groups in total. The summed E-state index contributed by atoms with van der Waals surface area (Å²) in [5.74, 6) is -0.749. The van der Waals surface area contributed by atoms with Crippen LogP contribution in [0, 0.1) is 5.92 Å². The summed E-state index contributed by atoms with van der Waals surface area (Å²) in [6, 6.07) is 4.97. The molecule has 94 valence electrons. The molecule has 0 saturated heterocycles. The van der Waals surface area contributed by atoms with Crippen molar-refractivity contribution < 1.29 is 18.0 Å². The standard InChI is InChI=1S/C13H15F3O/c1-3-9(4-2)12(17)10-7-5-6-8-11(10)13(14,15)16/h5-9H,3-4H2,1-2H3. The van der Waals surface area contributed by atoms with E-state index in [1.807, 2.05) is 13.8 Å². The second-order valence-electron chi connectivity index (χ2n) is 3.92. The van der Waals surface area contributed by atoms with Crippen molar-refractivity contribution in [1.29, 1.82) is 0 Å². The number of Topliss-reactive ketones (excluding diaryl/α,β-unsaturated/α-hetero) is 1. The minimum Gasteiger partial charge on any atom is -0.294 e. The zero-order chi connectivity index (χ0) is 13.1. The van der Waals surface area contributed by atoms with Crippen LogP contribution >= 0.6 is 0 Å². The predicted molar refractivity (Wildman–Crippen MR) is 59.8 cm³/mol. The number of carbonyl (C=O) groups excluding carboxylic acids is 1. The summed E-state index contributed by atoms with van der Waals surface area (Å²) in [6.07, 6.45) is -3.36. The van der Waals surface area contributed by atoms with Gasteiger partial charge < -0.3 is 0 Å². The molecule has 0 unspecified atom stereocenters. The van der Waals surface area contributed by atoms with Gasteiger partial charge in [0, 0.05) is 11.5 Å². The highest BCUT2D eigenvalue weighted by Crippen LogP contribution is 2.33. The first-order valence-electron chi connectivity index (χ1n) is 5.62. The highest BCUT2D eigenvalue weighted by atomic mass is 19.4. The molecule has 0 aromatic heterocycles. The quantitative estimate of drug-likeness (QED) is 0.721. The third-order valence-corrected chi connectivity index (χ3v) is 2.85. The fourth-order valence-electron chi connectivity index (χ4n) is 1.82. The molecule has 1 aromatic rings. The van der Waals surface area contributed by atoms with Crippen LogP contribution in [0.4, 0.5) is 13.2 Å². The highest BCUT2D eigenvalue weighted by Gasteiger charge is 2.35. The van der Waals surface area contributed by atoms with Gasteiger partial charge in [-0.05, 0) is 18.9 Å². The first-order chi connectivity index (χ1) is 7.91. The van der Waals surface area contributed by atoms with Gasteiger partial charge in [-0.2, -0.15) is 13.2 Å². The van der Waals surface area contributed by atoms with Crippen LogP contribution in [0.3, 0.4) is 0 Å². The molecule has 4 heteroatoms. The number of halogens is 3. The molecule has 1 aromatic carbocycles. The van der Waals surface area contributed by atoms with Gasteiger partial charge in [0.15, 0.2) is 5.78 Å². The molecular formula is C13H15F3O. The minimum absolute atomic E-state index is 0.214. The van der Waals surface area contributed by atoms with E-state index < -0.39 is 17.5 Å². The van der Waals surface area contributed by atoms with Gasteiger partial charge in [-0.3, -0.25) is 4.79 Å². The lowest BCUT2D eigenvalue weighted by Gasteiger charge is -2.16. The highest BCUT2D eigenvalue weighted by molar-refractivity contribution is 5.99. The first kappa shape index (κ1) is 13.7. The number of alkyl halides is 3. The van der Waals surface area contributed by atoms with Crippen LogP contribution in [0.1, 0.15) is 42.6 Å². The number of carbonyl (C=O) groups is 1. The molecule has 0 saturated carbocycles. The lowest BCUT2D eigenvalue weighted by molar-refractivity contribution is -0.137. The van der Waals surface area contributed by atoms with Gasteiger partial charge in [0.1, 0.15) is 0 Å². The number of rotatable bonds is 4. The van der Waals surface area contributed by atoms with Gasteiger partial charge in [-0.15, -0.1) is 0 Å². The molecule has 0 aliphatic rings. The van der Waals surface area contributed by atoms with Crippen molar-refractivity contribution in [2.75, 3.05) is 0 Å². The first-order valence-corrected chi connectivity index (χ1v) is 5.62. The zero-order valence-corrected chi connectivity index (χ0v) is 9.84. The van der Waals surface area contributed by atoms with Crippen molar-refractivity contribution in [3.8, 4) is 0 Å². The Hall–Kier alpha value is -1.32. The average Bonchev–Trinajstić information content (AvgIpc) is 2.29. The van der Waals surface area contributed by atoms with Crippen LogP contribution in [0.25, 0.3) is 0 Å². The summed E-state index contributed by atoms with van der Waals surface area (Å²) in [5.41, 5.74) is -1.05. The van der Waals surface area contributed by atoms with Gasteiger partial charge in [-0.1, -0.05) is 32.0 Å². The van der Waals surface area contributed by atoms with Gasteiger partial charge in [0.25, 0.3) is 0 Å². The lowest BCUT2D eigenvalue weighted by atomic mass is 9.90. The smallest absolute Gasteiger partial charge is 0.294 e. The molecule has 0 aliphatic heterocycles. The van der Waals surface area contributed by atoms with E-state index in [1.54, 1.807) is 0 Å². The maximum Gasteiger partial charge on any atom is 0.417 e. The molecule has 0 radical (unpaired) electrons. The molecular weight excluding hydrogens is 229 g/mol. The van der Waals surface area contributed by atoms with Crippen LogP contribution in [0.15, 0.2) is 24.3 Å². The molecule has 1 rings (SSSR count). The van der Waals surface area contributed by atoms with Crippen molar-refractivity contribution in [3.05, 3.63) is 35.4 Å². The Morgan fingerprint density at radius 3 is 2.18 bits per heavy atom. The van der Waals surface area contributed by atoms with Crippen molar-refractivity contribution >= 4 is 5.78 Å². The van der Waals surface area contributed by atoms with Crippen molar-refractivity contribution in [2.45, 2.75) is 32.9 Å². The Bertz CT molecular complexity index is 392. The van der Waals surface area contributed by atoms with Crippen LogP contribution in [-0.2, 0) is 6.18 Å². The molecule has 0 spiro atoms. The Kier molecular flexibility index (Phi) is 4.32. The molecule has 0 heterocycles. The second kappa shape index (κ2) is 5.34. The number of ketones is 1. The third kappa shape index (κ3) is 3.08. The molecule has 1 nitrogen and oxygen atoms in total. The predicted octanol–water partition coefficient (Wildman–Crippen LogP) is 4.32. The number of hydrogen-bond donors (Lipinski definition) is 0. The maximum atomic E-state index is 12.7. The number of benzene rings is 1. The van der Waals surface area contributed by atoms with E-state index in [0.29, 0.717) is 12.8 Å². The van der Waals surface area contributed by atoms with Gasteiger partial charge in [-0.25, -0.2) is 0 Å². The Morgan fingerprint density at radius 2 is 1.71 bits per heavy atom. The van der Waals surface area contributed by atoms with Crippen molar-refractivity contribution in [3.63, 3.8) is 0 Å². The van der Waals surface area contributed by atoms with E-state index in [0.717, 1.165) is 6.07 Å². The average molecular weight is 244 g/mol. The summed E-state index contributed by atoms with van der Waals surface area (Å²) < 4.78 is 38.2. The molecule has 17 heavy (non-hydrogen) atoms. The summed E-state index contributed by atoms with van der Waals surface area (Å²) in [5, 5.41) is 0. The van der Waals surface area contributed by atoms with Gasteiger partial charge in [0.2, 0.25) is 0 Å². The Morgan fingerprint density at radius 1 is 1.18 bits per heavy atom. The van der Waals surface area contributed by atoms with Crippen LogP contribution in [0.2, 0.25) is 0 Å². The summed E-state index contributed by atoms with van der Waals surface area (Å²) in [6.45, 7) is 3.62. The van der Waals surface area contributed by atoms with E-state index in [9.17, 15) is 18.0 Å². The van der Waals surface area contributed by atoms with Crippen LogP contribution < -0.4 is 0 Å². The largest absolute Gasteiger partial charge is 0.417 e. The molecule has 0 fully saturated rings. The Balaban J connectivity index is 3.18. The summed E-state index contributed by atoms with van der Waals surface area (Å²) >= 11 is 0. The Labute approximate surface area is 98.6 Å². The van der Waals surface area contributed by atoms with Crippen molar-refractivity contribution in [1.82, 2.24) is 0 Å². The zero-order valence-electron chi connectivity index (χ0n) is 9.84. The van der Waals surface area contributed by atoms with Gasteiger partial charge >= 0.3 is 6.18 Å². The normalized spacial score (nSPS) is 11.9. The topological polar surface area (TPSA) is 17.1 Å². The molecule has 0 bridgehead atoms. The van der Waals surface area contributed by atoms with E-state index >= 15 is 0 Å². The van der Waals surface area contributed by atoms with E-state index in [1.165, 1.54) is 18.2 Å². The fraction of sp³-hybridized carbons (Fsp3) is 0.462. The summed E-state index contributed by atoms with van der Waals surface area (Å²) in [7, 11) is 0. The van der Waals surface area contributed by atoms with E-state index in [2.05, 4.69) is 0 Å². The van der Waals surface area contributed by atoms with E-state index in [-0.39, 0.29) is 11.5 Å². The van der Waals surface area contributed by atoms with Crippen molar-refractivity contribution in [2.24, 2.45) is 5.92 Å². The monoisotopic (exact) mass is 244 g/mol. The lowest BCUT2D eigenvalue weighted by Crippen LogP contribution is -2.18. The third-order valence-electron chi connectivity index (χ3n) is 2.85. The molecule has 0 aliphatic carbocycles.